The summed E-state index contributed by atoms with van der Waals surface area (Å²) in [7, 11) is 0. The molecule has 4 heteroatoms. The third-order valence-electron chi connectivity index (χ3n) is 3.33. The highest BCUT2D eigenvalue weighted by Crippen LogP contribution is 2.32. The van der Waals surface area contributed by atoms with Crippen molar-refractivity contribution < 1.29 is 9.84 Å². The highest BCUT2D eigenvalue weighted by molar-refractivity contribution is 5.07. The topological polar surface area (TPSA) is 47.3 Å². The summed E-state index contributed by atoms with van der Waals surface area (Å²) in [5.41, 5.74) is 0.921. The van der Waals surface area contributed by atoms with Gasteiger partial charge in [-0.3, -0.25) is 4.68 Å². The van der Waals surface area contributed by atoms with Crippen molar-refractivity contribution in [2.24, 2.45) is 5.92 Å². The van der Waals surface area contributed by atoms with Gasteiger partial charge in [-0.05, 0) is 25.8 Å². The highest BCUT2D eigenvalue weighted by Gasteiger charge is 2.33. The van der Waals surface area contributed by atoms with Gasteiger partial charge in [-0.25, -0.2) is 0 Å². The van der Waals surface area contributed by atoms with Crippen LogP contribution in [-0.4, -0.2) is 27.6 Å². The summed E-state index contributed by atoms with van der Waals surface area (Å²) in [6.45, 7) is 5.76. The molecule has 1 saturated heterocycles. The number of rotatable bonds is 4. The monoisotopic (exact) mass is 224 g/mol. The predicted octanol–water partition coefficient (Wildman–Crippen LogP) is 1.75. The molecule has 2 rings (SSSR count). The first-order valence-corrected chi connectivity index (χ1v) is 6.05. The Morgan fingerprint density at radius 1 is 1.69 bits per heavy atom. The molecule has 1 aliphatic heterocycles. The van der Waals surface area contributed by atoms with E-state index >= 15 is 0 Å². The van der Waals surface area contributed by atoms with E-state index < -0.39 is 6.10 Å². The van der Waals surface area contributed by atoms with Crippen molar-refractivity contribution in [3.8, 4) is 0 Å². The molecule has 16 heavy (non-hydrogen) atoms. The van der Waals surface area contributed by atoms with Crippen LogP contribution in [0.3, 0.4) is 0 Å². The molecule has 1 N–H and O–H groups in total. The molecule has 0 aromatic carbocycles. The van der Waals surface area contributed by atoms with Gasteiger partial charge in [0.1, 0.15) is 6.10 Å². The molecular formula is C12H20N2O2. The molecule has 90 valence electrons. The molecule has 1 aromatic rings. The molecule has 3 unspecified atom stereocenters. The second kappa shape index (κ2) is 4.97. The Hall–Kier alpha value is -0.870. The van der Waals surface area contributed by atoms with Gasteiger partial charge in [0, 0.05) is 25.3 Å². The molecule has 1 fully saturated rings. The van der Waals surface area contributed by atoms with Gasteiger partial charge in [0.25, 0.3) is 0 Å². The fourth-order valence-electron chi connectivity index (χ4n) is 2.38. The van der Waals surface area contributed by atoms with Crippen molar-refractivity contribution in [2.75, 3.05) is 6.61 Å². The minimum Gasteiger partial charge on any atom is -0.386 e. The normalized spacial score (nSPS) is 27.2. The maximum absolute atomic E-state index is 10.3. The lowest BCUT2D eigenvalue weighted by Crippen LogP contribution is -2.22. The third-order valence-corrected chi connectivity index (χ3v) is 3.33. The van der Waals surface area contributed by atoms with E-state index in [1.54, 1.807) is 6.20 Å². The molecule has 0 bridgehead atoms. The minimum absolute atomic E-state index is 0.139. The van der Waals surface area contributed by atoms with Crippen LogP contribution in [-0.2, 0) is 11.3 Å². The summed E-state index contributed by atoms with van der Waals surface area (Å²) in [4.78, 5) is 0. The molecule has 1 aliphatic rings. The van der Waals surface area contributed by atoms with Crippen LogP contribution in [0.4, 0.5) is 0 Å². The number of aliphatic hydroxyl groups excluding tert-OH is 1. The Labute approximate surface area is 96.2 Å². The van der Waals surface area contributed by atoms with Crippen molar-refractivity contribution in [3.05, 3.63) is 18.0 Å². The van der Waals surface area contributed by atoms with E-state index in [0.717, 1.165) is 31.7 Å². The first-order chi connectivity index (χ1) is 7.74. The minimum atomic E-state index is -0.452. The molecule has 0 spiro atoms. The average Bonchev–Trinajstić information content (AvgIpc) is 2.87. The van der Waals surface area contributed by atoms with Crippen LogP contribution < -0.4 is 0 Å². The average molecular weight is 224 g/mol. The van der Waals surface area contributed by atoms with Gasteiger partial charge in [-0.1, -0.05) is 6.92 Å². The largest absolute Gasteiger partial charge is 0.386 e. The van der Waals surface area contributed by atoms with Crippen LogP contribution in [0.5, 0.6) is 0 Å². The van der Waals surface area contributed by atoms with Crippen LogP contribution in [0.1, 0.15) is 38.5 Å². The van der Waals surface area contributed by atoms with Crippen molar-refractivity contribution in [1.29, 1.82) is 0 Å². The lowest BCUT2D eigenvalue weighted by molar-refractivity contribution is 0.0387. The maximum Gasteiger partial charge on any atom is 0.101 e. The SMILES string of the molecule is CCCn1nccc1C(O)C1CCOC1C. The standard InChI is InChI=1S/C12H20N2O2/c1-3-7-14-11(4-6-13-14)12(15)10-5-8-16-9(10)2/h4,6,9-10,12,15H,3,5,7-8H2,1-2H3. The Kier molecular flexibility index (Phi) is 3.61. The highest BCUT2D eigenvalue weighted by atomic mass is 16.5. The number of aryl methyl sites for hydroxylation is 1. The fraction of sp³-hybridized carbons (Fsp3) is 0.750. The Balaban J connectivity index is 2.13. The molecule has 2 heterocycles. The number of aliphatic hydroxyl groups is 1. The van der Waals surface area contributed by atoms with Crippen LogP contribution in [0.15, 0.2) is 12.3 Å². The van der Waals surface area contributed by atoms with Crippen molar-refractivity contribution in [1.82, 2.24) is 9.78 Å². The molecule has 0 radical (unpaired) electrons. The predicted molar refractivity (Wildman–Crippen MR) is 61.0 cm³/mol. The molecule has 4 nitrogen and oxygen atoms in total. The summed E-state index contributed by atoms with van der Waals surface area (Å²) in [6.07, 6.45) is 3.40. The summed E-state index contributed by atoms with van der Waals surface area (Å²) in [6, 6.07) is 1.91. The number of nitrogens with zero attached hydrogens (tertiary/aromatic N) is 2. The van der Waals surface area contributed by atoms with E-state index in [1.165, 1.54) is 0 Å². The smallest absolute Gasteiger partial charge is 0.101 e. The van der Waals surface area contributed by atoms with Gasteiger partial charge in [-0.2, -0.15) is 5.10 Å². The Morgan fingerprint density at radius 3 is 3.12 bits per heavy atom. The van der Waals surface area contributed by atoms with Crippen LogP contribution in [0, 0.1) is 5.92 Å². The van der Waals surface area contributed by atoms with Gasteiger partial charge in [0.2, 0.25) is 0 Å². The summed E-state index contributed by atoms with van der Waals surface area (Å²) >= 11 is 0. The fourth-order valence-corrected chi connectivity index (χ4v) is 2.38. The van der Waals surface area contributed by atoms with E-state index in [-0.39, 0.29) is 12.0 Å². The zero-order chi connectivity index (χ0) is 11.5. The quantitative estimate of drug-likeness (QED) is 0.847. The second-order valence-electron chi connectivity index (χ2n) is 4.45. The third kappa shape index (κ3) is 2.13. The lowest BCUT2D eigenvalue weighted by Gasteiger charge is -2.21. The Morgan fingerprint density at radius 2 is 2.50 bits per heavy atom. The molecule has 0 amide bonds. The molecular weight excluding hydrogens is 204 g/mol. The number of hydrogen-bond donors (Lipinski definition) is 1. The lowest BCUT2D eigenvalue weighted by atomic mass is 9.93. The molecule has 0 aliphatic carbocycles. The van der Waals surface area contributed by atoms with Crippen molar-refractivity contribution in [2.45, 2.75) is 45.4 Å². The summed E-state index contributed by atoms with van der Waals surface area (Å²) in [5.74, 6) is 0.201. The van der Waals surface area contributed by atoms with E-state index in [1.807, 2.05) is 17.7 Å². The van der Waals surface area contributed by atoms with E-state index in [0.29, 0.717) is 0 Å². The second-order valence-corrected chi connectivity index (χ2v) is 4.45. The number of hydrogen-bond acceptors (Lipinski definition) is 3. The van der Waals surface area contributed by atoms with E-state index in [2.05, 4.69) is 12.0 Å². The molecule has 3 atom stereocenters. The van der Waals surface area contributed by atoms with Gasteiger partial charge < -0.3 is 9.84 Å². The van der Waals surface area contributed by atoms with Crippen LogP contribution >= 0.6 is 0 Å². The number of ether oxygens (including phenoxy) is 1. The molecule has 1 aromatic heterocycles. The van der Waals surface area contributed by atoms with Crippen molar-refractivity contribution in [3.63, 3.8) is 0 Å². The number of aromatic nitrogens is 2. The first-order valence-electron chi connectivity index (χ1n) is 6.05. The Bertz CT molecular complexity index is 338. The zero-order valence-corrected chi connectivity index (χ0v) is 9.97. The zero-order valence-electron chi connectivity index (χ0n) is 9.97. The summed E-state index contributed by atoms with van der Waals surface area (Å²) in [5, 5.41) is 14.6. The van der Waals surface area contributed by atoms with Gasteiger partial charge in [-0.15, -0.1) is 0 Å². The van der Waals surface area contributed by atoms with Gasteiger partial charge in [0.05, 0.1) is 11.8 Å². The summed E-state index contributed by atoms with van der Waals surface area (Å²) < 4.78 is 7.39. The first kappa shape index (κ1) is 11.6. The van der Waals surface area contributed by atoms with E-state index in [4.69, 9.17) is 4.74 Å². The molecule has 0 saturated carbocycles. The van der Waals surface area contributed by atoms with E-state index in [9.17, 15) is 5.11 Å². The maximum atomic E-state index is 10.3. The van der Waals surface area contributed by atoms with Crippen LogP contribution in [0.25, 0.3) is 0 Å². The van der Waals surface area contributed by atoms with Crippen LogP contribution in [0.2, 0.25) is 0 Å². The van der Waals surface area contributed by atoms with Gasteiger partial charge >= 0.3 is 0 Å². The van der Waals surface area contributed by atoms with Crippen molar-refractivity contribution >= 4 is 0 Å². The van der Waals surface area contributed by atoms with Gasteiger partial charge in [0.15, 0.2) is 0 Å².